The molecule has 5 heteroatoms. The molecule has 0 heterocycles. The normalized spacial score (nSPS) is 12.1. The van der Waals surface area contributed by atoms with Gasteiger partial charge in [-0.1, -0.05) is 6.07 Å². The molecule has 0 saturated carbocycles. The molecule has 1 atom stereocenters. The van der Waals surface area contributed by atoms with Gasteiger partial charge in [-0.15, -0.1) is 0 Å². The van der Waals surface area contributed by atoms with Gasteiger partial charge in [-0.2, -0.15) is 0 Å². The van der Waals surface area contributed by atoms with Crippen molar-refractivity contribution in [1.29, 1.82) is 0 Å². The number of aliphatic hydroxyl groups excluding tert-OH is 1. The number of nitrogens with zero attached hydrogens (tertiary/aromatic N) is 1. The molecule has 1 amide bonds. The second-order valence-corrected chi connectivity index (χ2v) is 4.61. The van der Waals surface area contributed by atoms with Gasteiger partial charge in [0.2, 0.25) is 5.91 Å². The molecule has 0 bridgehead atoms. The van der Waals surface area contributed by atoms with Gasteiger partial charge in [-0.25, -0.2) is 4.39 Å². The molecule has 1 N–H and O–H groups in total. The summed E-state index contributed by atoms with van der Waals surface area (Å²) in [5.74, 6) is -0.325. The highest BCUT2D eigenvalue weighted by Gasteiger charge is 2.11. The van der Waals surface area contributed by atoms with E-state index in [-0.39, 0.29) is 18.1 Å². The number of aliphatic hydroxyl groups is 1. The van der Waals surface area contributed by atoms with Crippen molar-refractivity contribution in [3.63, 3.8) is 0 Å². The van der Waals surface area contributed by atoms with E-state index < -0.39 is 11.9 Å². The second-order valence-electron chi connectivity index (χ2n) is 4.61. The van der Waals surface area contributed by atoms with Crippen LogP contribution in [-0.2, 0) is 11.3 Å². The summed E-state index contributed by atoms with van der Waals surface area (Å²) in [6.07, 6.45) is 0.225. The van der Waals surface area contributed by atoms with Gasteiger partial charge < -0.3 is 14.7 Å². The molecule has 4 nitrogen and oxygen atoms in total. The molecule has 0 aliphatic rings. The van der Waals surface area contributed by atoms with Crippen LogP contribution in [0.3, 0.4) is 0 Å². The van der Waals surface area contributed by atoms with Crippen molar-refractivity contribution in [2.45, 2.75) is 32.4 Å². The Balaban J connectivity index is 2.58. The first-order chi connectivity index (χ1) is 8.93. The maximum atomic E-state index is 13.5. The number of methoxy groups -OCH3 is 1. The van der Waals surface area contributed by atoms with Gasteiger partial charge in [0.1, 0.15) is 0 Å². The number of carbonyl (C=O) groups excluding carboxylic acids is 1. The number of hydrogen-bond donors (Lipinski definition) is 1. The molecule has 0 aromatic heterocycles. The predicted molar refractivity (Wildman–Crippen MR) is 70.3 cm³/mol. The summed E-state index contributed by atoms with van der Waals surface area (Å²) >= 11 is 0. The first-order valence-electron chi connectivity index (χ1n) is 6.18. The molecule has 1 rings (SSSR count). The molecule has 0 fully saturated rings. The summed E-state index contributed by atoms with van der Waals surface area (Å²) < 4.78 is 18.3. The Morgan fingerprint density at radius 3 is 2.74 bits per heavy atom. The predicted octanol–water partition coefficient (Wildman–Crippen LogP) is 1.95. The summed E-state index contributed by atoms with van der Waals surface area (Å²) in [6.45, 7) is 1.98. The van der Waals surface area contributed by atoms with Crippen molar-refractivity contribution in [3.8, 4) is 5.75 Å². The van der Waals surface area contributed by atoms with Crippen LogP contribution in [0.2, 0.25) is 0 Å². The molecule has 0 spiro atoms. The molecule has 19 heavy (non-hydrogen) atoms. The van der Waals surface area contributed by atoms with Crippen LogP contribution in [0.1, 0.15) is 25.3 Å². The van der Waals surface area contributed by atoms with Gasteiger partial charge in [0, 0.05) is 20.0 Å². The Hall–Kier alpha value is -1.62. The maximum absolute atomic E-state index is 13.5. The topological polar surface area (TPSA) is 49.8 Å². The van der Waals surface area contributed by atoms with Crippen LogP contribution in [0.15, 0.2) is 18.2 Å². The minimum atomic E-state index is -0.490. The van der Waals surface area contributed by atoms with E-state index in [0.717, 1.165) is 0 Å². The van der Waals surface area contributed by atoms with Crippen molar-refractivity contribution >= 4 is 5.91 Å². The fourth-order valence-electron chi connectivity index (χ4n) is 1.69. The molecule has 1 aromatic carbocycles. The number of ether oxygens (including phenoxy) is 1. The van der Waals surface area contributed by atoms with Crippen LogP contribution in [-0.4, -0.2) is 36.2 Å². The van der Waals surface area contributed by atoms with E-state index in [4.69, 9.17) is 9.84 Å². The highest BCUT2D eigenvalue weighted by Crippen LogP contribution is 2.18. The minimum absolute atomic E-state index is 0.0721. The van der Waals surface area contributed by atoms with Crippen molar-refractivity contribution in [2.24, 2.45) is 0 Å². The Morgan fingerprint density at radius 2 is 2.21 bits per heavy atom. The summed E-state index contributed by atoms with van der Waals surface area (Å²) in [5.41, 5.74) is 0.700. The van der Waals surface area contributed by atoms with E-state index in [1.165, 1.54) is 18.1 Å². The molecule has 1 unspecified atom stereocenters. The summed E-state index contributed by atoms with van der Waals surface area (Å²) in [7, 11) is 3.07. The number of hydrogen-bond acceptors (Lipinski definition) is 3. The fraction of sp³-hybridized carbons (Fsp3) is 0.500. The second kappa shape index (κ2) is 7.09. The number of amides is 1. The zero-order valence-electron chi connectivity index (χ0n) is 11.5. The van der Waals surface area contributed by atoms with Gasteiger partial charge in [0.25, 0.3) is 0 Å². The zero-order valence-corrected chi connectivity index (χ0v) is 11.5. The Labute approximate surface area is 112 Å². The third kappa shape index (κ3) is 4.87. The maximum Gasteiger partial charge on any atom is 0.222 e. The van der Waals surface area contributed by atoms with Crippen molar-refractivity contribution in [3.05, 3.63) is 29.6 Å². The van der Waals surface area contributed by atoms with E-state index in [2.05, 4.69) is 0 Å². The van der Waals surface area contributed by atoms with Crippen LogP contribution in [0, 0.1) is 5.82 Å². The molecule has 0 aliphatic heterocycles. The third-order valence-electron chi connectivity index (χ3n) is 2.84. The van der Waals surface area contributed by atoms with Gasteiger partial charge >= 0.3 is 0 Å². The van der Waals surface area contributed by atoms with Gasteiger partial charge in [-0.3, -0.25) is 4.79 Å². The standard InChI is InChI=1S/C14H20FNO3/c1-10(17)4-7-14(18)16(2)9-11-5-6-13(19-3)12(15)8-11/h5-6,8,10,17H,4,7,9H2,1-3H3. The third-order valence-corrected chi connectivity index (χ3v) is 2.84. The van der Waals surface area contributed by atoms with Gasteiger partial charge in [0.05, 0.1) is 13.2 Å². The Morgan fingerprint density at radius 1 is 1.53 bits per heavy atom. The molecule has 0 aliphatic carbocycles. The summed E-state index contributed by atoms with van der Waals surface area (Å²) in [6, 6.07) is 4.62. The molecule has 0 radical (unpaired) electrons. The average Bonchev–Trinajstić information content (AvgIpc) is 2.36. The number of halogens is 1. The summed E-state index contributed by atoms with van der Waals surface area (Å²) in [5, 5.41) is 9.13. The molecule has 106 valence electrons. The molecular weight excluding hydrogens is 249 g/mol. The summed E-state index contributed by atoms with van der Waals surface area (Å²) in [4.78, 5) is 13.3. The molecule has 0 saturated heterocycles. The quantitative estimate of drug-likeness (QED) is 0.858. The van der Waals surface area contributed by atoms with Crippen molar-refractivity contribution in [2.75, 3.05) is 14.2 Å². The molecular formula is C14H20FNO3. The van der Waals surface area contributed by atoms with E-state index in [1.807, 2.05) is 0 Å². The van der Waals surface area contributed by atoms with Crippen LogP contribution >= 0.6 is 0 Å². The lowest BCUT2D eigenvalue weighted by atomic mass is 10.1. The lowest BCUT2D eigenvalue weighted by Gasteiger charge is -2.18. The lowest BCUT2D eigenvalue weighted by Crippen LogP contribution is -2.26. The highest BCUT2D eigenvalue weighted by molar-refractivity contribution is 5.75. The minimum Gasteiger partial charge on any atom is -0.494 e. The SMILES string of the molecule is COc1ccc(CN(C)C(=O)CCC(C)O)cc1F. The van der Waals surface area contributed by atoms with Crippen molar-refractivity contribution < 1.29 is 19.0 Å². The Kier molecular flexibility index (Phi) is 5.76. The van der Waals surface area contributed by atoms with E-state index >= 15 is 0 Å². The van der Waals surface area contributed by atoms with Crippen LogP contribution in [0.25, 0.3) is 0 Å². The molecule has 1 aromatic rings. The van der Waals surface area contributed by atoms with Gasteiger partial charge in [0.15, 0.2) is 11.6 Å². The Bertz CT molecular complexity index is 435. The highest BCUT2D eigenvalue weighted by atomic mass is 19.1. The number of rotatable bonds is 6. The van der Waals surface area contributed by atoms with Gasteiger partial charge in [-0.05, 0) is 31.0 Å². The largest absolute Gasteiger partial charge is 0.494 e. The average molecular weight is 269 g/mol. The lowest BCUT2D eigenvalue weighted by molar-refractivity contribution is -0.131. The van der Waals surface area contributed by atoms with E-state index in [9.17, 15) is 9.18 Å². The van der Waals surface area contributed by atoms with Crippen molar-refractivity contribution in [1.82, 2.24) is 4.90 Å². The van der Waals surface area contributed by atoms with Crippen LogP contribution in [0.5, 0.6) is 5.75 Å². The van der Waals surface area contributed by atoms with E-state index in [0.29, 0.717) is 18.5 Å². The number of benzene rings is 1. The zero-order chi connectivity index (χ0) is 14.4. The smallest absolute Gasteiger partial charge is 0.222 e. The number of carbonyl (C=O) groups is 1. The van der Waals surface area contributed by atoms with Crippen LogP contribution < -0.4 is 4.74 Å². The first-order valence-corrected chi connectivity index (χ1v) is 6.18. The van der Waals surface area contributed by atoms with Crippen LogP contribution in [0.4, 0.5) is 4.39 Å². The monoisotopic (exact) mass is 269 g/mol. The fourth-order valence-corrected chi connectivity index (χ4v) is 1.69. The first kappa shape index (κ1) is 15.4. The van der Waals surface area contributed by atoms with E-state index in [1.54, 1.807) is 26.1 Å².